The molecule has 1 aliphatic heterocycles. The number of benzene rings is 2. The monoisotopic (exact) mass is 518 g/mol. The number of carbonyl (C=O) groups excluding carboxylic acids is 1. The Morgan fingerprint density at radius 1 is 1.22 bits per heavy atom. The number of fused-ring (bicyclic) bond motifs is 1. The van der Waals surface area contributed by atoms with E-state index in [0.29, 0.717) is 44.3 Å². The number of rotatable bonds is 9. The van der Waals surface area contributed by atoms with Crippen molar-refractivity contribution in [2.24, 2.45) is 4.99 Å². The van der Waals surface area contributed by atoms with Gasteiger partial charge in [0, 0.05) is 5.56 Å². The molecule has 1 aliphatic rings. The summed E-state index contributed by atoms with van der Waals surface area (Å²) in [6, 6.07) is 14.2. The van der Waals surface area contributed by atoms with Crippen LogP contribution in [0.5, 0.6) is 11.5 Å². The molecule has 0 fully saturated rings. The van der Waals surface area contributed by atoms with Crippen molar-refractivity contribution < 1.29 is 19.0 Å². The van der Waals surface area contributed by atoms with Gasteiger partial charge in [-0.05, 0) is 57.5 Å². The predicted octanol–water partition coefficient (Wildman–Crippen LogP) is 4.15. The Morgan fingerprint density at radius 3 is 2.73 bits per heavy atom. The second-order valence-electron chi connectivity index (χ2n) is 8.68. The predicted molar refractivity (Wildman–Crippen MR) is 145 cm³/mol. The molecule has 0 radical (unpaired) electrons. The number of esters is 1. The zero-order valence-electron chi connectivity index (χ0n) is 21.4. The molecule has 3 aromatic rings. The number of hydrogen-bond acceptors (Lipinski definition) is 7. The van der Waals surface area contributed by atoms with Crippen LogP contribution in [0.3, 0.4) is 0 Å². The van der Waals surface area contributed by atoms with Crippen LogP contribution >= 0.6 is 11.3 Å². The Kier molecular flexibility index (Phi) is 8.08. The molecule has 8 heteroatoms. The van der Waals surface area contributed by atoms with E-state index >= 15 is 0 Å². The molecule has 0 spiro atoms. The number of hydrogen-bond donors (Lipinski definition) is 0. The Hall–Kier alpha value is -3.91. The molecule has 0 aliphatic carbocycles. The third-order valence-electron chi connectivity index (χ3n) is 5.62. The first-order valence-corrected chi connectivity index (χ1v) is 12.9. The van der Waals surface area contributed by atoms with Gasteiger partial charge >= 0.3 is 5.97 Å². The molecular formula is C29H30N2O5S. The average molecular weight is 519 g/mol. The molecule has 4 rings (SSSR count). The second-order valence-corrected chi connectivity index (χ2v) is 9.69. The summed E-state index contributed by atoms with van der Waals surface area (Å²) in [5.74, 6) is 0.773. The van der Waals surface area contributed by atoms with E-state index < -0.39 is 12.0 Å². The Bertz CT molecular complexity index is 1530. The van der Waals surface area contributed by atoms with Gasteiger partial charge in [-0.15, -0.1) is 0 Å². The zero-order valence-corrected chi connectivity index (χ0v) is 22.2. The summed E-state index contributed by atoms with van der Waals surface area (Å²) in [4.78, 5) is 32.1. The normalized spacial score (nSPS) is 15.3. The van der Waals surface area contributed by atoms with E-state index in [0.717, 1.165) is 5.56 Å². The van der Waals surface area contributed by atoms with Gasteiger partial charge in [-0.25, -0.2) is 9.79 Å². The molecule has 1 aromatic heterocycles. The summed E-state index contributed by atoms with van der Waals surface area (Å²) >= 11 is 1.27. The van der Waals surface area contributed by atoms with Crippen LogP contribution < -0.4 is 24.4 Å². The van der Waals surface area contributed by atoms with E-state index in [4.69, 9.17) is 14.2 Å². The maximum Gasteiger partial charge on any atom is 0.338 e. The Labute approximate surface area is 219 Å². The van der Waals surface area contributed by atoms with Crippen LogP contribution in [0.1, 0.15) is 44.9 Å². The fourth-order valence-electron chi connectivity index (χ4n) is 4.15. The molecule has 0 saturated heterocycles. The molecule has 192 valence electrons. The van der Waals surface area contributed by atoms with Gasteiger partial charge in [0.1, 0.15) is 24.1 Å². The number of aromatic nitrogens is 1. The minimum absolute atomic E-state index is 0.0938. The number of nitrogens with zero attached hydrogens (tertiary/aromatic N) is 2. The minimum Gasteiger partial charge on any atom is -0.491 e. The van der Waals surface area contributed by atoms with Gasteiger partial charge < -0.3 is 14.2 Å². The quantitative estimate of drug-likeness (QED) is 0.314. The summed E-state index contributed by atoms with van der Waals surface area (Å²) in [5.41, 5.74) is 2.09. The van der Waals surface area contributed by atoms with E-state index in [9.17, 15) is 9.59 Å². The van der Waals surface area contributed by atoms with Crippen LogP contribution in [-0.4, -0.2) is 29.9 Å². The lowest BCUT2D eigenvalue weighted by Gasteiger charge is -2.26. The summed E-state index contributed by atoms with van der Waals surface area (Å²) in [5, 5.41) is 0. The van der Waals surface area contributed by atoms with Crippen molar-refractivity contribution in [3.8, 4) is 11.5 Å². The van der Waals surface area contributed by atoms with E-state index in [2.05, 4.69) is 11.6 Å². The number of thiazole rings is 1. The highest BCUT2D eigenvalue weighted by molar-refractivity contribution is 7.07. The highest BCUT2D eigenvalue weighted by atomic mass is 32.1. The molecule has 2 heterocycles. The molecule has 37 heavy (non-hydrogen) atoms. The minimum atomic E-state index is -0.741. The third kappa shape index (κ3) is 5.59. The van der Waals surface area contributed by atoms with Gasteiger partial charge in [-0.3, -0.25) is 9.36 Å². The maximum absolute atomic E-state index is 13.8. The molecule has 7 nitrogen and oxygen atoms in total. The summed E-state index contributed by atoms with van der Waals surface area (Å²) in [6.07, 6.45) is 3.39. The SMILES string of the molecule is C=CCOc1cccc(/C=c2\sc3n(c2=O)[C@H](c2ccccc2OC(C)C)C(C(=O)OCC)=C(C)N=3)c1. The van der Waals surface area contributed by atoms with Crippen LogP contribution in [0, 0.1) is 0 Å². The van der Waals surface area contributed by atoms with Crippen molar-refractivity contribution in [3.05, 3.63) is 103 Å². The van der Waals surface area contributed by atoms with Crippen molar-refractivity contribution in [2.75, 3.05) is 13.2 Å². The fraction of sp³-hybridized carbons (Fsp3) is 0.276. The summed E-state index contributed by atoms with van der Waals surface area (Å²) in [6.45, 7) is 11.7. The largest absolute Gasteiger partial charge is 0.491 e. The van der Waals surface area contributed by atoms with E-state index in [1.165, 1.54) is 11.3 Å². The smallest absolute Gasteiger partial charge is 0.338 e. The topological polar surface area (TPSA) is 79.1 Å². The summed E-state index contributed by atoms with van der Waals surface area (Å²) in [7, 11) is 0. The molecule has 1 atom stereocenters. The molecule has 0 N–H and O–H groups in total. The Morgan fingerprint density at radius 2 is 2.00 bits per heavy atom. The highest BCUT2D eigenvalue weighted by Crippen LogP contribution is 2.36. The lowest BCUT2D eigenvalue weighted by molar-refractivity contribution is -0.139. The Balaban J connectivity index is 1.92. The van der Waals surface area contributed by atoms with Gasteiger partial charge in [0.15, 0.2) is 4.80 Å². The average Bonchev–Trinajstić information content (AvgIpc) is 3.16. The number of carbonyl (C=O) groups is 1. The van der Waals surface area contributed by atoms with Gasteiger partial charge in [-0.2, -0.15) is 0 Å². The zero-order chi connectivity index (χ0) is 26.5. The van der Waals surface area contributed by atoms with E-state index in [1.807, 2.05) is 68.5 Å². The molecule has 0 bridgehead atoms. The number of allylic oxidation sites excluding steroid dienone is 1. The molecule has 0 unspecified atom stereocenters. The van der Waals surface area contributed by atoms with Gasteiger partial charge in [0.05, 0.1) is 28.5 Å². The number of ether oxygens (including phenoxy) is 3. The highest BCUT2D eigenvalue weighted by Gasteiger charge is 2.35. The van der Waals surface area contributed by atoms with Crippen molar-refractivity contribution in [3.63, 3.8) is 0 Å². The van der Waals surface area contributed by atoms with Crippen LogP contribution in [0.4, 0.5) is 0 Å². The first-order chi connectivity index (χ1) is 17.8. The fourth-order valence-corrected chi connectivity index (χ4v) is 5.20. The lowest BCUT2D eigenvalue weighted by atomic mass is 9.95. The van der Waals surface area contributed by atoms with Crippen molar-refractivity contribution in [1.29, 1.82) is 0 Å². The third-order valence-corrected chi connectivity index (χ3v) is 6.60. The molecular weight excluding hydrogens is 488 g/mol. The van der Waals surface area contributed by atoms with Gasteiger partial charge in [0.25, 0.3) is 5.56 Å². The molecule has 0 amide bonds. The van der Waals surface area contributed by atoms with E-state index in [-0.39, 0.29) is 18.3 Å². The number of para-hydroxylation sites is 1. The van der Waals surface area contributed by atoms with Crippen LogP contribution in [-0.2, 0) is 9.53 Å². The van der Waals surface area contributed by atoms with Crippen LogP contribution in [0.2, 0.25) is 0 Å². The van der Waals surface area contributed by atoms with E-state index in [1.54, 1.807) is 24.5 Å². The van der Waals surface area contributed by atoms with Crippen molar-refractivity contribution >= 4 is 23.4 Å². The molecule has 0 saturated carbocycles. The standard InChI is InChI=1S/C29H30N2O5S/c1-6-15-35-21-12-10-11-20(16-21)17-24-27(32)31-26(22-13-8-9-14-23(22)36-18(3)4)25(28(33)34-7-2)19(5)30-29(31)37-24/h6,8-14,16-18,26H,1,7,15H2,2-5H3/b24-17-/t26-/m1/s1. The first-order valence-electron chi connectivity index (χ1n) is 12.1. The second kappa shape index (κ2) is 11.4. The molecule has 2 aromatic carbocycles. The van der Waals surface area contributed by atoms with Crippen molar-refractivity contribution in [1.82, 2.24) is 4.57 Å². The van der Waals surface area contributed by atoms with Crippen molar-refractivity contribution in [2.45, 2.75) is 39.8 Å². The summed E-state index contributed by atoms with van der Waals surface area (Å²) < 4.78 is 19.2. The van der Waals surface area contributed by atoms with Crippen LogP contribution in [0.25, 0.3) is 6.08 Å². The maximum atomic E-state index is 13.8. The first kappa shape index (κ1) is 26.2. The van der Waals surface area contributed by atoms with Gasteiger partial charge in [0.2, 0.25) is 0 Å². The lowest BCUT2D eigenvalue weighted by Crippen LogP contribution is -2.40. The van der Waals surface area contributed by atoms with Gasteiger partial charge in [-0.1, -0.05) is 54.3 Å². The van der Waals surface area contributed by atoms with Crippen LogP contribution in [0.15, 0.2) is 82.2 Å².